The molecule has 0 aromatic heterocycles. The maximum absolute atomic E-state index is 11.6. The Bertz CT molecular complexity index is 331. The van der Waals surface area contributed by atoms with Crippen molar-refractivity contribution in [3.8, 4) is 0 Å². The van der Waals surface area contributed by atoms with Crippen LogP contribution in [0.3, 0.4) is 0 Å². The highest BCUT2D eigenvalue weighted by Crippen LogP contribution is 2.28. The number of hydrogen-bond donors (Lipinski definition) is 2. The molecular weight excluding hydrogens is 230 g/mol. The first-order chi connectivity index (χ1) is 7.45. The van der Waals surface area contributed by atoms with Crippen LogP contribution in [0.15, 0.2) is 0 Å². The maximum atomic E-state index is 11.6. The van der Waals surface area contributed by atoms with E-state index >= 15 is 0 Å². The van der Waals surface area contributed by atoms with Gasteiger partial charge in [0.05, 0.1) is 5.25 Å². The minimum atomic E-state index is -2.91. The maximum Gasteiger partial charge on any atom is 0.404 e. The number of sulfone groups is 1. The van der Waals surface area contributed by atoms with Crippen LogP contribution in [0, 0.1) is 5.92 Å². The van der Waals surface area contributed by atoms with Gasteiger partial charge in [-0.15, -0.1) is 0 Å². The fourth-order valence-corrected chi connectivity index (χ4v) is 3.62. The largest absolute Gasteiger partial charge is 0.465 e. The van der Waals surface area contributed by atoms with E-state index in [-0.39, 0.29) is 11.0 Å². The van der Waals surface area contributed by atoms with Crippen LogP contribution in [0.1, 0.15) is 32.6 Å². The third-order valence-electron chi connectivity index (χ3n) is 3.25. The van der Waals surface area contributed by atoms with Gasteiger partial charge in [-0.3, -0.25) is 0 Å². The highest BCUT2D eigenvalue weighted by Gasteiger charge is 2.29. The van der Waals surface area contributed by atoms with Gasteiger partial charge in [-0.1, -0.05) is 6.92 Å². The van der Waals surface area contributed by atoms with E-state index in [1.807, 2.05) is 0 Å². The van der Waals surface area contributed by atoms with E-state index in [1.165, 1.54) is 0 Å². The topological polar surface area (TPSA) is 83.5 Å². The quantitative estimate of drug-likeness (QED) is 0.785. The number of rotatable bonds is 4. The molecule has 0 heterocycles. The standard InChI is InChI=1S/C10H19NO4S/c1-2-16(14,15)9-5-3-8(4-6-9)7-11-10(12)13/h8-9,11H,2-7H2,1H3,(H,12,13)/t8-,9-. The average molecular weight is 249 g/mol. The third kappa shape index (κ3) is 3.66. The molecule has 0 saturated heterocycles. The predicted molar refractivity (Wildman–Crippen MR) is 61.2 cm³/mol. The Morgan fingerprint density at radius 3 is 2.31 bits per heavy atom. The summed E-state index contributed by atoms with van der Waals surface area (Å²) in [5.74, 6) is 0.495. The molecule has 0 atom stereocenters. The molecule has 0 radical (unpaired) electrons. The molecule has 1 aliphatic carbocycles. The fourth-order valence-electron chi connectivity index (χ4n) is 2.16. The highest BCUT2D eigenvalue weighted by molar-refractivity contribution is 7.92. The molecule has 5 nitrogen and oxygen atoms in total. The van der Waals surface area contributed by atoms with Crippen molar-refractivity contribution in [2.24, 2.45) is 5.92 Å². The van der Waals surface area contributed by atoms with Crippen molar-refractivity contribution in [3.63, 3.8) is 0 Å². The first kappa shape index (κ1) is 13.3. The second-order valence-corrected chi connectivity index (χ2v) is 6.85. The summed E-state index contributed by atoms with van der Waals surface area (Å²) in [7, 11) is -2.91. The normalized spacial score (nSPS) is 26.3. The van der Waals surface area contributed by atoms with Crippen molar-refractivity contribution in [3.05, 3.63) is 0 Å². The van der Waals surface area contributed by atoms with Crippen molar-refractivity contribution in [2.45, 2.75) is 37.9 Å². The number of amides is 1. The van der Waals surface area contributed by atoms with Crippen molar-refractivity contribution >= 4 is 15.9 Å². The van der Waals surface area contributed by atoms with Crippen molar-refractivity contribution < 1.29 is 18.3 Å². The molecule has 0 spiro atoms. The molecule has 0 bridgehead atoms. The van der Waals surface area contributed by atoms with Crippen LogP contribution in [0.4, 0.5) is 4.79 Å². The van der Waals surface area contributed by atoms with Gasteiger partial charge in [-0.05, 0) is 31.6 Å². The van der Waals surface area contributed by atoms with Gasteiger partial charge in [-0.2, -0.15) is 0 Å². The zero-order chi connectivity index (χ0) is 12.2. The second kappa shape index (κ2) is 5.52. The average Bonchev–Trinajstić information content (AvgIpc) is 2.27. The molecular formula is C10H19NO4S. The zero-order valence-electron chi connectivity index (χ0n) is 9.48. The van der Waals surface area contributed by atoms with Crippen LogP contribution >= 0.6 is 0 Å². The molecule has 0 aliphatic heterocycles. The Morgan fingerprint density at radius 2 is 1.88 bits per heavy atom. The summed E-state index contributed by atoms with van der Waals surface area (Å²) in [6.45, 7) is 2.11. The van der Waals surface area contributed by atoms with Crippen LogP contribution in [-0.2, 0) is 9.84 Å². The van der Waals surface area contributed by atoms with Crippen molar-refractivity contribution in [1.82, 2.24) is 5.32 Å². The van der Waals surface area contributed by atoms with Crippen molar-refractivity contribution in [2.75, 3.05) is 12.3 Å². The van der Waals surface area contributed by atoms with E-state index in [4.69, 9.17) is 5.11 Å². The van der Waals surface area contributed by atoms with Gasteiger partial charge in [0.25, 0.3) is 0 Å². The molecule has 1 rings (SSSR count). The van der Waals surface area contributed by atoms with Gasteiger partial charge >= 0.3 is 6.09 Å². The Hall–Kier alpha value is -0.780. The minimum absolute atomic E-state index is 0.204. The molecule has 1 fully saturated rings. The van der Waals surface area contributed by atoms with E-state index in [0.29, 0.717) is 25.3 Å². The number of hydrogen-bond acceptors (Lipinski definition) is 3. The van der Waals surface area contributed by atoms with Crippen LogP contribution in [0.25, 0.3) is 0 Å². The monoisotopic (exact) mass is 249 g/mol. The van der Waals surface area contributed by atoms with Gasteiger partial charge in [0, 0.05) is 12.3 Å². The summed E-state index contributed by atoms with van der Waals surface area (Å²) in [6, 6.07) is 0. The van der Waals surface area contributed by atoms with E-state index in [1.54, 1.807) is 6.92 Å². The first-order valence-corrected chi connectivity index (χ1v) is 7.35. The third-order valence-corrected chi connectivity index (χ3v) is 5.54. The summed E-state index contributed by atoms with van der Waals surface area (Å²) in [6.07, 6.45) is 1.92. The van der Waals surface area contributed by atoms with Crippen LogP contribution in [0.2, 0.25) is 0 Å². The van der Waals surface area contributed by atoms with E-state index < -0.39 is 15.9 Å². The summed E-state index contributed by atoms with van der Waals surface area (Å²) in [5.41, 5.74) is 0. The Kier molecular flexibility index (Phi) is 4.58. The molecule has 94 valence electrons. The van der Waals surface area contributed by atoms with Crippen LogP contribution < -0.4 is 5.32 Å². The van der Waals surface area contributed by atoms with Gasteiger partial charge in [0.2, 0.25) is 0 Å². The summed E-state index contributed by atoms with van der Waals surface area (Å²) in [5, 5.41) is 10.6. The molecule has 6 heteroatoms. The lowest BCUT2D eigenvalue weighted by molar-refractivity contribution is 0.190. The highest BCUT2D eigenvalue weighted by atomic mass is 32.2. The van der Waals surface area contributed by atoms with Crippen LogP contribution in [0.5, 0.6) is 0 Å². The molecule has 0 unspecified atom stereocenters. The van der Waals surface area contributed by atoms with E-state index in [0.717, 1.165) is 12.8 Å². The fraction of sp³-hybridized carbons (Fsp3) is 0.900. The lowest BCUT2D eigenvalue weighted by atomic mass is 9.89. The molecule has 16 heavy (non-hydrogen) atoms. The molecule has 1 amide bonds. The Balaban J connectivity index is 2.37. The smallest absolute Gasteiger partial charge is 0.404 e. The van der Waals surface area contributed by atoms with Gasteiger partial charge in [-0.25, -0.2) is 13.2 Å². The van der Waals surface area contributed by atoms with E-state index in [9.17, 15) is 13.2 Å². The lowest BCUT2D eigenvalue weighted by Crippen LogP contribution is -2.34. The van der Waals surface area contributed by atoms with Crippen molar-refractivity contribution in [1.29, 1.82) is 0 Å². The predicted octanol–water partition coefficient (Wildman–Crippen LogP) is 1.25. The molecule has 0 aromatic carbocycles. The molecule has 1 aliphatic rings. The molecule has 2 N–H and O–H groups in total. The molecule has 0 aromatic rings. The van der Waals surface area contributed by atoms with Crippen LogP contribution in [-0.4, -0.2) is 37.2 Å². The van der Waals surface area contributed by atoms with Gasteiger partial charge in [0.1, 0.15) is 0 Å². The van der Waals surface area contributed by atoms with E-state index in [2.05, 4.69) is 5.32 Å². The summed E-state index contributed by atoms with van der Waals surface area (Å²) < 4.78 is 23.2. The summed E-state index contributed by atoms with van der Waals surface area (Å²) >= 11 is 0. The molecule has 1 saturated carbocycles. The Morgan fingerprint density at radius 1 is 1.31 bits per heavy atom. The first-order valence-electron chi connectivity index (χ1n) is 5.64. The second-order valence-electron chi connectivity index (χ2n) is 4.28. The number of carboxylic acid groups (broad SMARTS) is 1. The minimum Gasteiger partial charge on any atom is -0.465 e. The number of carbonyl (C=O) groups is 1. The number of nitrogens with one attached hydrogen (secondary N) is 1. The summed E-state index contributed by atoms with van der Waals surface area (Å²) in [4.78, 5) is 10.3. The van der Waals surface area contributed by atoms with Gasteiger partial charge < -0.3 is 10.4 Å². The Labute approximate surface area is 96.1 Å². The SMILES string of the molecule is CCS(=O)(=O)[C@H]1CC[C@H](CNC(=O)O)CC1. The van der Waals surface area contributed by atoms with Gasteiger partial charge in [0.15, 0.2) is 9.84 Å². The zero-order valence-corrected chi connectivity index (χ0v) is 10.3. The lowest BCUT2D eigenvalue weighted by Gasteiger charge is -2.27.